The van der Waals surface area contributed by atoms with Gasteiger partial charge in [0.1, 0.15) is 0 Å². The second-order valence-electron chi connectivity index (χ2n) is 6.75. The normalized spacial score (nSPS) is 18.3. The predicted octanol–water partition coefficient (Wildman–Crippen LogP) is 3.61. The Kier molecular flexibility index (Phi) is 6.39. The molecular formula is C21H29N3. The molecule has 0 amide bonds. The van der Waals surface area contributed by atoms with Crippen molar-refractivity contribution in [2.45, 2.75) is 38.8 Å². The second kappa shape index (κ2) is 8.95. The van der Waals surface area contributed by atoms with Crippen molar-refractivity contribution in [2.75, 3.05) is 26.2 Å². The maximum absolute atomic E-state index is 4.15. The van der Waals surface area contributed by atoms with Crippen LogP contribution in [0.3, 0.4) is 0 Å². The standard InChI is InChI=1S/C21H29N3/c1-2-24-15-6-9-21(24)18-23(17-20-10-13-22-14-11-20)16-12-19-7-4-3-5-8-19/h3-5,7-8,10-11,13-14,21H,2,6,9,12,15-18H2,1H3/t21-/m1/s1. The number of benzene rings is 1. The van der Waals surface area contributed by atoms with Crippen LogP contribution < -0.4 is 0 Å². The van der Waals surface area contributed by atoms with Crippen molar-refractivity contribution < 1.29 is 0 Å². The summed E-state index contributed by atoms with van der Waals surface area (Å²) in [5.74, 6) is 0. The van der Waals surface area contributed by atoms with Gasteiger partial charge in [-0.15, -0.1) is 0 Å². The number of pyridine rings is 1. The minimum absolute atomic E-state index is 0.715. The molecule has 3 rings (SSSR count). The predicted molar refractivity (Wildman–Crippen MR) is 99.9 cm³/mol. The van der Waals surface area contributed by atoms with Crippen LogP contribution in [0.2, 0.25) is 0 Å². The highest BCUT2D eigenvalue weighted by Crippen LogP contribution is 2.19. The van der Waals surface area contributed by atoms with Crippen molar-refractivity contribution in [3.8, 4) is 0 Å². The summed E-state index contributed by atoms with van der Waals surface area (Å²) in [5, 5.41) is 0. The van der Waals surface area contributed by atoms with E-state index in [9.17, 15) is 0 Å². The topological polar surface area (TPSA) is 19.4 Å². The zero-order valence-corrected chi connectivity index (χ0v) is 14.8. The van der Waals surface area contributed by atoms with E-state index in [1.807, 2.05) is 12.4 Å². The average molecular weight is 323 g/mol. The zero-order chi connectivity index (χ0) is 16.6. The van der Waals surface area contributed by atoms with E-state index in [0.29, 0.717) is 6.04 Å². The van der Waals surface area contributed by atoms with Crippen molar-refractivity contribution in [1.29, 1.82) is 0 Å². The van der Waals surface area contributed by atoms with Crippen LogP contribution in [0.5, 0.6) is 0 Å². The Balaban J connectivity index is 1.63. The SMILES string of the molecule is CCN1CCC[C@@H]1CN(CCc1ccccc1)Cc1ccncc1. The molecule has 1 aliphatic heterocycles. The third kappa shape index (κ3) is 4.89. The molecule has 1 atom stereocenters. The molecule has 0 saturated carbocycles. The molecule has 128 valence electrons. The van der Waals surface area contributed by atoms with Crippen molar-refractivity contribution in [3.05, 3.63) is 66.0 Å². The summed E-state index contributed by atoms with van der Waals surface area (Å²) in [6.07, 6.45) is 7.61. The van der Waals surface area contributed by atoms with E-state index in [-0.39, 0.29) is 0 Å². The van der Waals surface area contributed by atoms with Gasteiger partial charge in [0.2, 0.25) is 0 Å². The molecule has 1 aromatic heterocycles. The van der Waals surface area contributed by atoms with Crippen LogP contribution in [-0.4, -0.2) is 47.0 Å². The van der Waals surface area contributed by atoms with Crippen LogP contribution in [0, 0.1) is 0 Å². The number of hydrogen-bond donors (Lipinski definition) is 0. The monoisotopic (exact) mass is 323 g/mol. The Morgan fingerprint density at radius 3 is 2.62 bits per heavy atom. The van der Waals surface area contributed by atoms with Crippen LogP contribution in [0.4, 0.5) is 0 Å². The summed E-state index contributed by atoms with van der Waals surface area (Å²) in [7, 11) is 0. The van der Waals surface area contributed by atoms with Crippen LogP contribution in [0.25, 0.3) is 0 Å². The Hall–Kier alpha value is -1.71. The molecule has 1 aliphatic rings. The average Bonchev–Trinajstić information content (AvgIpc) is 3.08. The van der Waals surface area contributed by atoms with Crippen molar-refractivity contribution in [1.82, 2.24) is 14.8 Å². The van der Waals surface area contributed by atoms with Gasteiger partial charge in [-0.3, -0.25) is 14.8 Å². The molecule has 1 fully saturated rings. The summed E-state index contributed by atoms with van der Waals surface area (Å²) >= 11 is 0. The van der Waals surface area contributed by atoms with E-state index >= 15 is 0 Å². The molecule has 3 nitrogen and oxygen atoms in total. The molecule has 0 aliphatic carbocycles. The summed E-state index contributed by atoms with van der Waals surface area (Å²) in [6.45, 7) is 8.03. The summed E-state index contributed by atoms with van der Waals surface area (Å²) in [4.78, 5) is 9.42. The van der Waals surface area contributed by atoms with Gasteiger partial charge >= 0.3 is 0 Å². The highest BCUT2D eigenvalue weighted by atomic mass is 15.2. The fraction of sp³-hybridized carbons (Fsp3) is 0.476. The minimum atomic E-state index is 0.715. The lowest BCUT2D eigenvalue weighted by atomic mass is 10.1. The Labute approximate surface area is 146 Å². The Morgan fingerprint density at radius 1 is 1.08 bits per heavy atom. The molecule has 0 unspecified atom stereocenters. The molecule has 0 spiro atoms. The Morgan fingerprint density at radius 2 is 1.88 bits per heavy atom. The van der Waals surface area contributed by atoms with Gasteiger partial charge in [0.05, 0.1) is 0 Å². The van der Waals surface area contributed by atoms with Crippen LogP contribution in [0.15, 0.2) is 54.9 Å². The molecule has 1 saturated heterocycles. The molecule has 0 radical (unpaired) electrons. The van der Waals surface area contributed by atoms with Gasteiger partial charge in [-0.05, 0) is 55.6 Å². The van der Waals surface area contributed by atoms with E-state index in [4.69, 9.17) is 0 Å². The molecule has 0 bridgehead atoms. The number of hydrogen-bond acceptors (Lipinski definition) is 3. The summed E-state index contributed by atoms with van der Waals surface area (Å²) < 4.78 is 0. The highest BCUT2D eigenvalue weighted by Gasteiger charge is 2.25. The maximum atomic E-state index is 4.15. The molecular weight excluding hydrogens is 294 g/mol. The van der Waals surface area contributed by atoms with Gasteiger partial charge in [0, 0.05) is 38.1 Å². The van der Waals surface area contributed by atoms with E-state index in [1.165, 1.54) is 43.6 Å². The fourth-order valence-electron chi connectivity index (χ4n) is 3.73. The summed E-state index contributed by atoms with van der Waals surface area (Å²) in [5.41, 5.74) is 2.79. The quantitative estimate of drug-likeness (QED) is 0.740. The summed E-state index contributed by atoms with van der Waals surface area (Å²) in [6, 6.07) is 15.8. The lowest BCUT2D eigenvalue weighted by molar-refractivity contribution is 0.172. The molecule has 3 heteroatoms. The van der Waals surface area contributed by atoms with Gasteiger partial charge in [-0.2, -0.15) is 0 Å². The number of likely N-dealkylation sites (tertiary alicyclic amines) is 1. The van der Waals surface area contributed by atoms with Crippen LogP contribution in [0.1, 0.15) is 30.9 Å². The second-order valence-corrected chi connectivity index (χ2v) is 6.75. The number of rotatable bonds is 8. The molecule has 24 heavy (non-hydrogen) atoms. The van der Waals surface area contributed by atoms with Gasteiger partial charge in [-0.1, -0.05) is 37.3 Å². The van der Waals surface area contributed by atoms with Crippen molar-refractivity contribution in [3.63, 3.8) is 0 Å². The Bertz CT molecular complexity index is 585. The first-order valence-electron chi connectivity index (χ1n) is 9.24. The smallest absolute Gasteiger partial charge is 0.0271 e. The number of aromatic nitrogens is 1. The van der Waals surface area contributed by atoms with Gasteiger partial charge in [0.15, 0.2) is 0 Å². The van der Waals surface area contributed by atoms with Gasteiger partial charge in [0.25, 0.3) is 0 Å². The molecule has 1 aromatic carbocycles. The van der Waals surface area contributed by atoms with Gasteiger partial charge < -0.3 is 0 Å². The fourth-order valence-corrected chi connectivity index (χ4v) is 3.73. The van der Waals surface area contributed by atoms with E-state index in [1.54, 1.807) is 0 Å². The first-order chi connectivity index (χ1) is 11.8. The molecule has 0 N–H and O–H groups in total. The largest absolute Gasteiger partial charge is 0.299 e. The van der Waals surface area contributed by atoms with E-state index in [0.717, 1.165) is 19.5 Å². The lowest BCUT2D eigenvalue weighted by Crippen LogP contribution is -2.40. The zero-order valence-electron chi connectivity index (χ0n) is 14.8. The van der Waals surface area contributed by atoms with Crippen LogP contribution in [-0.2, 0) is 13.0 Å². The maximum Gasteiger partial charge on any atom is 0.0271 e. The molecule has 2 heterocycles. The first kappa shape index (κ1) is 17.1. The molecule has 2 aromatic rings. The minimum Gasteiger partial charge on any atom is -0.299 e. The lowest BCUT2D eigenvalue weighted by Gasteiger charge is -2.30. The van der Waals surface area contributed by atoms with Crippen molar-refractivity contribution in [2.24, 2.45) is 0 Å². The third-order valence-corrected chi connectivity index (χ3v) is 5.09. The van der Waals surface area contributed by atoms with Gasteiger partial charge in [-0.25, -0.2) is 0 Å². The van der Waals surface area contributed by atoms with Crippen LogP contribution >= 0.6 is 0 Å². The number of likely N-dealkylation sites (N-methyl/N-ethyl adjacent to an activating group) is 1. The van der Waals surface area contributed by atoms with E-state index in [2.05, 4.69) is 64.2 Å². The third-order valence-electron chi connectivity index (χ3n) is 5.09. The van der Waals surface area contributed by atoms with Crippen molar-refractivity contribution >= 4 is 0 Å². The first-order valence-corrected chi connectivity index (χ1v) is 9.24. The number of nitrogens with zero attached hydrogens (tertiary/aromatic N) is 3. The highest BCUT2D eigenvalue weighted by molar-refractivity contribution is 5.15. The van der Waals surface area contributed by atoms with E-state index < -0.39 is 0 Å².